The van der Waals surface area contributed by atoms with Crippen LogP contribution in [0, 0.1) is 0 Å². The molecule has 2 heteroatoms. The number of hydrogen-bond donors (Lipinski definition) is 1. The number of hydrogen-bond acceptors (Lipinski definition) is 1. The summed E-state index contributed by atoms with van der Waals surface area (Å²) in [6.45, 7) is 7.97. The zero-order valence-corrected chi connectivity index (χ0v) is 19.2. The van der Waals surface area contributed by atoms with Gasteiger partial charge in [-0.1, -0.05) is 110 Å². The van der Waals surface area contributed by atoms with E-state index in [4.69, 9.17) is 0 Å². The second-order valence-corrected chi connectivity index (χ2v) is 8.66. The van der Waals surface area contributed by atoms with Crippen LogP contribution in [-0.2, 0) is 0 Å². The number of aromatic nitrogens is 1. The van der Waals surface area contributed by atoms with Gasteiger partial charge in [0.15, 0.2) is 0 Å². The predicted octanol–water partition coefficient (Wildman–Crippen LogP) is 8.41. The zero-order valence-electron chi connectivity index (χ0n) is 19.2. The van der Waals surface area contributed by atoms with Gasteiger partial charge < -0.3 is 4.98 Å². The number of aromatic amines is 1. The molecule has 0 bridgehead atoms. The van der Waals surface area contributed by atoms with E-state index in [1.165, 1.54) is 0 Å². The van der Waals surface area contributed by atoms with Crippen molar-refractivity contribution in [2.75, 3.05) is 0 Å². The van der Waals surface area contributed by atoms with Crippen LogP contribution in [0.4, 0.5) is 0 Å². The molecule has 0 spiro atoms. The SMILES string of the molecule is C=C/C=C(\C=C)c1c2ccccc2c(-c2ccc3c(c2)[nH]c(=O)c2ccccc23)c2ccccc12. The van der Waals surface area contributed by atoms with Crippen LogP contribution < -0.4 is 5.56 Å². The lowest BCUT2D eigenvalue weighted by Crippen LogP contribution is -2.06. The molecule has 0 atom stereocenters. The minimum absolute atomic E-state index is 0.0690. The van der Waals surface area contributed by atoms with Crippen molar-refractivity contribution in [3.05, 3.63) is 138 Å². The Morgan fingerprint density at radius 1 is 0.657 bits per heavy atom. The first-order valence-electron chi connectivity index (χ1n) is 11.7. The lowest BCUT2D eigenvalue weighted by Gasteiger charge is -2.18. The van der Waals surface area contributed by atoms with Crippen LogP contribution in [0.5, 0.6) is 0 Å². The molecule has 5 aromatic carbocycles. The van der Waals surface area contributed by atoms with Gasteiger partial charge in [0.2, 0.25) is 0 Å². The summed E-state index contributed by atoms with van der Waals surface area (Å²) in [6.07, 6.45) is 5.70. The van der Waals surface area contributed by atoms with E-state index in [0.717, 1.165) is 60.1 Å². The Morgan fingerprint density at radius 2 is 1.23 bits per heavy atom. The summed E-state index contributed by atoms with van der Waals surface area (Å²) in [4.78, 5) is 15.9. The second-order valence-electron chi connectivity index (χ2n) is 8.66. The van der Waals surface area contributed by atoms with Crippen LogP contribution in [-0.4, -0.2) is 4.98 Å². The molecule has 1 heterocycles. The molecular formula is C33H23NO. The Balaban J connectivity index is 1.75. The van der Waals surface area contributed by atoms with E-state index >= 15 is 0 Å². The van der Waals surface area contributed by atoms with Crippen LogP contribution in [0.15, 0.2) is 127 Å². The van der Waals surface area contributed by atoms with Crippen molar-refractivity contribution in [2.24, 2.45) is 0 Å². The maximum atomic E-state index is 12.8. The molecule has 1 aromatic heterocycles. The molecule has 2 nitrogen and oxygen atoms in total. The standard InChI is InChI=1S/C33H23NO/c1-3-11-21(4-2)31-25-13-6-8-15-27(25)32(28-16-9-7-14-26(28)31)22-18-19-24-23-12-5-10-17-29(23)33(35)34-30(24)20-22/h3-20H,1-2H2,(H,34,35)/b21-11+. The molecule has 35 heavy (non-hydrogen) atoms. The average Bonchev–Trinajstić information content (AvgIpc) is 2.90. The summed E-state index contributed by atoms with van der Waals surface area (Å²) < 4.78 is 0. The second kappa shape index (κ2) is 8.27. The van der Waals surface area contributed by atoms with E-state index in [9.17, 15) is 4.79 Å². The molecule has 0 saturated heterocycles. The van der Waals surface area contributed by atoms with E-state index < -0.39 is 0 Å². The fraction of sp³-hybridized carbons (Fsp3) is 0. The van der Waals surface area contributed by atoms with Crippen molar-refractivity contribution in [3.63, 3.8) is 0 Å². The number of fused-ring (bicyclic) bond motifs is 5. The summed E-state index contributed by atoms with van der Waals surface area (Å²) in [5.41, 5.74) is 5.17. The number of allylic oxidation sites excluding steroid dienone is 4. The van der Waals surface area contributed by atoms with Crippen molar-refractivity contribution in [1.29, 1.82) is 0 Å². The quantitative estimate of drug-likeness (QED) is 0.164. The van der Waals surface area contributed by atoms with E-state index in [2.05, 4.69) is 84.9 Å². The lowest BCUT2D eigenvalue weighted by atomic mass is 9.85. The summed E-state index contributed by atoms with van der Waals surface area (Å²) >= 11 is 0. The number of rotatable bonds is 4. The highest BCUT2D eigenvalue weighted by Crippen LogP contribution is 2.42. The smallest absolute Gasteiger partial charge is 0.256 e. The van der Waals surface area contributed by atoms with Gasteiger partial charge in [0, 0.05) is 16.3 Å². The van der Waals surface area contributed by atoms with Gasteiger partial charge in [-0.25, -0.2) is 0 Å². The zero-order chi connectivity index (χ0) is 23.9. The van der Waals surface area contributed by atoms with Crippen molar-refractivity contribution in [2.45, 2.75) is 0 Å². The molecule has 0 fully saturated rings. The van der Waals surface area contributed by atoms with Crippen molar-refractivity contribution in [1.82, 2.24) is 4.98 Å². The fourth-order valence-electron chi connectivity index (χ4n) is 5.27. The predicted molar refractivity (Wildman–Crippen MR) is 151 cm³/mol. The Bertz CT molecular complexity index is 1850. The highest BCUT2D eigenvalue weighted by molar-refractivity contribution is 6.20. The average molecular weight is 450 g/mol. The maximum absolute atomic E-state index is 12.8. The van der Waals surface area contributed by atoms with Gasteiger partial charge >= 0.3 is 0 Å². The van der Waals surface area contributed by atoms with Crippen LogP contribution >= 0.6 is 0 Å². The first-order valence-corrected chi connectivity index (χ1v) is 11.7. The molecule has 6 aromatic rings. The molecule has 0 aliphatic rings. The van der Waals surface area contributed by atoms with Gasteiger partial charge in [0.25, 0.3) is 5.56 Å². The van der Waals surface area contributed by atoms with Crippen molar-refractivity contribution >= 4 is 48.8 Å². The first-order chi connectivity index (χ1) is 17.2. The lowest BCUT2D eigenvalue weighted by molar-refractivity contribution is 1.34. The third-order valence-corrected chi connectivity index (χ3v) is 6.76. The molecule has 6 rings (SSSR count). The van der Waals surface area contributed by atoms with Crippen molar-refractivity contribution < 1.29 is 0 Å². The highest BCUT2D eigenvalue weighted by atomic mass is 16.1. The minimum Gasteiger partial charge on any atom is -0.321 e. The summed E-state index contributed by atoms with van der Waals surface area (Å²) in [6, 6.07) is 31.1. The summed E-state index contributed by atoms with van der Waals surface area (Å²) in [7, 11) is 0. The maximum Gasteiger partial charge on any atom is 0.256 e. The Hall–Kier alpha value is -4.69. The van der Waals surface area contributed by atoms with Crippen LogP contribution in [0.1, 0.15) is 5.56 Å². The third kappa shape index (κ3) is 3.23. The van der Waals surface area contributed by atoms with Crippen LogP contribution in [0.3, 0.4) is 0 Å². The summed E-state index contributed by atoms with van der Waals surface area (Å²) in [5.74, 6) is 0. The Labute approximate surface area is 203 Å². The molecule has 0 amide bonds. The van der Waals surface area contributed by atoms with Crippen LogP contribution in [0.25, 0.3) is 59.9 Å². The van der Waals surface area contributed by atoms with Gasteiger partial charge in [-0.05, 0) is 61.3 Å². The van der Waals surface area contributed by atoms with Crippen LogP contribution in [0.2, 0.25) is 0 Å². The number of nitrogens with one attached hydrogen (secondary N) is 1. The van der Waals surface area contributed by atoms with Crippen molar-refractivity contribution in [3.8, 4) is 11.1 Å². The molecule has 1 N–H and O–H groups in total. The first kappa shape index (κ1) is 20.9. The number of H-pyrrole nitrogens is 1. The van der Waals surface area contributed by atoms with Gasteiger partial charge in [-0.15, -0.1) is 0 Å². The van der Waals surface area contributed by atoms with Gasteiger partial charge in [-0.2, -0.15) is 0 Å². The van der Waals surface area contributed by atoms with E-state index in [0.29, 0.717) is 5.39 Å². The molecular weight excluding hydrogens is 426 g/mol. The Kier molecular flexibility index (Phi) is 4.93. The molecule has 0 aliphatic heterocycles. The molecule has 0 saturated carbocycles. The molecule has 0 radical (unpaired) electrons. The van der Waals surface area contributed by atoms with E-state index in [-0.39, 0.29) is 5.56 Å². The van der Waals surface area contributed by atoms with Gasteiger partial charge in [-0.3, -0.25) is 4.79 Å². The van der Waals surface area contributed by atoms with E-state index in [1.807, 2.05) is 36.4 Å². The largest absolute Gasteiger partial charge is 0.321 e. The highest BCUT2D eigenvalue weighted by Gasteiger charge is 2.17. The number of pyridine rings is 1. The monoisotopic (exact) mass is 449 g/mol. The minimum atomic E-state index is -0.0690. The fourth-order valence-corrected chi connectivity index (χ4v) is 5.27. The van der Waals surface area contributed by atoms with Gasteiger partial charge in [0.05, 0.1) is 0 Å². The molecule has 0 unspecified atom stereocenters. The molecule has 166 valence electrons. The van der Waals surface area contributed by atoms with E-state index in [1.54, 1.807) is 6.08 Å². The molecule has 0 aliphatic carbocycles. The number of benzene rings is 5. The third-order valence-electron chi connectivity index (χ3n) is 6.76. The Morgan fingerprint density at radius 3 is 1.83 bits per heavy atom. The normalized spacial score (nSPS) is 11.9. The topological polar surface area (TPSA) is 32.9 Å². The van der Waals surface area contributed by atoms with Gasteiger partial charge in [0.1, 0.15) is 0 Å². The summed E-state index contributed by atoms with van der Waals surface area (Å²) in [5, 5.41) is 7.33.